The van der Waals surface area contributed by atoms with Crippen molar-refractivity contribution in [3.05, 3.63) is 59.2 Å². The Kier molecular flexibility index (Phi) is 5.00. The van der Waals surface area contributed by atoms with E-state index in [4.69, 9.17) is 9.72 Å². The molecule has 1 aromatic heterocycles. The molecule has 6 nitrogen and oxygen atoms in total. The lowest BCUT2D eigenvalue weighted by atomic mass is 10.1. The van der Waals surface area contributed by atoms with Gasteiger partial charge in [0.1, 0.15) is 0 Å². The molecule has 1 fully saturated rings. The summed E-state index contributed by atoms with van der Waals surface area (Å²) >= 11 is 1.68. The number of amides is 1. The second kappa shape index (κ2) is 7.59. The van der Waals surface area contributed by atoms with Crippen molar-refractivity contribution in [1.29, 1.82) is 0 Å². The first kappa shape index (κ1) is 18.4. The van der Waals surface area contributed by atoms with Gasteiger partial charge in [0.2, 0.25) is 0 Å². The van der Waals surface area contributed by atoms with Gasteiger partial charge in [-0.3, -0.25) is 4.79 Å². The molecule has 2 heterocycles. The van der Waals surface area contributed by atoms with E-state index in [1.807, 2.05) is 6.07 Å². The lowest BCUT2D eigenvalue weighted by Gasteiger charge is -2.34. The Hall–Kier alpha value is -2.93. The fraction of sp³-hybridized carbons (Fsp3) is 0.286. The summed E-state index contributed by atoms with van der Waals surface area (Å²) in [7, 11) is 1.32. The number of rotatable bonds is 3. The van der Waals surface area contributed by atoms with Gasteiger partial charge < -0.3 is 14.5 Å². The van der Waals surface area contributed by atoms with Gasteiger partial charge in [0.15, 0.2) is 5.13 Å². The number of hydrogen-bond acceptors (Lipinski definition) is 6. The number of aromatic nitrogens is 1. The number of fused-ring (bicyclic) bond motifs is 1. The number of esters is 1. The van der Waals surface area contributed by atoms with Crippen LogP contribution in [-0.2, 0) is 4.74 Å². The van der Waals surface area contributed by atoms with E-state index in [2.05, 4.69) is 24.0 Å². The van der Waals surface area contributed by atoms with Gasteiger partial charge in [0.25, 0.3) is 5.91 Å². The van der Waals surface area contributed by atoms with Gasteiger partial charge in [-0.1, -0.05) is 29.5 Å². The summed E-state index contributed by atoms with van der Waals surface area (Å²) in [6.45, 7) is 4.68. The van der Waals surface area contributed by atoms with Crippen molar-refractivity contribution in [3.63, 3.8) is 0 Å². The topological polar surface area (TPSA) is 62.7 Å². The summed E-state index contributed by atoms with van der Waals surface area (Å²) in [5.41, 5.74) is 2.93. The van der Waals surface area contributed by atoms with Crippen molar-refractivity contribution in [1.82, 2.24) is 9.88 Å². The van der Waals surface area contributed by atoms with Crippen molar-refractivity contribution in [2.45, 2.75) is 6.92 Å². The van der Waals surface area contributed by atoms with Crippen LogP contribution in [0.1, 0.15) is 26.3 Å². The number of ether oxygens (including phenoxy) is 1. The number of carbonyl (C=O) groups excluding carboxylic acids is 2. The van der Waals surface area contributed by atoms with Crippen LogP contribution < -0.4 is 4.90 Å². The smallest absolute Gasteiger partial charge is 0.338 e. The number of piperazine rings is 1. The molecule has 1 amide bonds. The van der Waals surface area contributed by atoms with E-state index in [0.29, 0.717) is 37.3 Å². The molecule has 0 bridgehead atoms. The van der Waals surface area contributed by atoms with E-state index in [1.165, 1.54) is 17.4 Å². The first-order valence-electron chi connectivity index (χ1n) is 9.15. The Bertz CT molecular complexity index is 1040. The summed E-state index contributed by atoms with van der Waals surface area (Å²) in [5, 5.41) is 0.989. The molecule has 144 valence electrons. The molecular formula is C21H21N3O3S. The minimum Gasteiger partial charge on any atom is -0.465 e. The molecule has 0 aliphatic carbocycles. The minimum atomic E-state index is -0.493. The van der Waals surface area contributed by atoms with Crippen molar-refractivity contribution >= 4 is 38.6 Å². The Morgan fingerprint density at radius 2 is 1.75 bits per heavy atom. The van der Waals surface area contributed by atoms with E-state index in [-0.39, 0.29) is 5.91 Å². The normalized spacial score (nSPS) is 14.4. The van der Waals surface area contributed by atoms with Crippen LogP contribution in [0.5, 0.6) is 0 Å². The van der Waals surface area contributed by atoms with E-state index >= 15 is 0 Å². The van der Waals surface area contributed by atoms with Crippen molar-refractivity contribution in [2.24, 2.45) is 0 Å². The van der Waals surface area contributed by atoms with Gasteiger partial charge in [-0.2, -0.15) is 0 Å². The second-order valence-electron chi connectivity index (χ2n) is 6.78. The van der Waals surface area contributed by atoms with Crippen LogP contribution in [0.15, 0.2) is 42.5 Å². The molecule has 7 heteroatoms. The molecule has 4 rings (SSSR count). The van der Waals surface area contributed by atoms with Gasteiger partial charge in [0.05, 0.1) is 28.5 Å². The lowest BCUT2D eigenvalue weighted by molar-refractivity contribution is 0.0589. The first-order chi connectivity index (χ1) is 13.6. The van der Waals surface area contributed by atoms with Crippen molar-refractivity contribution in [2.75, 3.05) is 38.2 Å². The van der Waals surface area contributed by atoms with Crippen LogP contribution in [0.2, 0.25) is 0 Å². The SMILES string of the molecule is COC(=O)c1ccccc1C(=O)N1CCN(c2nc3ccc(C)cc3s2)CC1. The third-order valence-corrected chi connectivity index (χ3v) is 6.01. The van der Waals surface area contributed by atoms with Crippen LogP contribution in [0.25, 0.3) is 10.2 Å². The maximum absolute atomic E-state index is 12.9. The van der Waals surface area contributed by atoms with Gasteiger partial charge in [-0.15, -0.1) is 0 Å². The fourth-order valence-corrected chi connectivity index (χ4v) is 4.50. The van der Waals surface area contributed by atoms with Crippen molar-refractivity contribution in [3.8, 4) is 0 Å². The molecule has 28 heavy (non-hydrogen) atoms. The predicted molar refractivity (Wildman–Crippen MR) is 110 cm³/mol. The number of methoxy groups -OCH3 is 1. The summed E-state index contributed by atoms with van der Waals surface area (Å²) < 4.78 is 5.98. The highest BCUT2D eigenvalue weighted by Gasteiger charge is 2.26. The number of carbonyl (C=O) groups is 2. The Morgan fingerprint density at radius 1 is 1.04 bits per heavy atom. The van der Waals surface area contributed by atoms with Crippen LogP contribution in [-0.4, -0.2) is 55.0 Å². The molecule has 1 aliphatic rings. The fourth-order valence-electron chi connectivity index (χ4n) is 3.38. The Labute approximate surface area is 167 Å². The zero-order valence-electron chi connectivity index (χ0n) is 15.8. The molecule has 0 radical (unpaired) electrons. The highest BCUT2D eigenvalue weighted by atomic mass is 32.1. The predicted octanol–water partition coefficient (Wildman–Crippen LogP) is 3.35. The molecule has 0 N–H and O–H groups in total. The largest absolute Gasteiger partial charge is 0.465 e. The molecule has 0 spiro atoms. The van der Waals surface area contributed by atoms with Gasteiger partial charge in [-0.05, 0) is 36.8 Å². The van der Waals surface area contributed by atoms with Crippen LogP contribution in [0.3, 0.4) is 0 Å². The molecule has 1 saturated heterocycles. The minimum absolute atomic E-state index is 0.138. The maximum atomic E-state index is 12.9. The highest BCUT2D eigenvalue weighted by Crippen LogP contribution is 2.30. The van der Waals surface area contributed by atoms with E-state index in [1.54, 1.807) is 40.5 Å². The van der Waals surface area contributed by atoms with Gasteiger partial charge >= 0.3 is 5.97 Å². The zero-order valence-corrected chi connectivity index (χ0v) is 16.7. The van der Waals surface area contributed by atoms with E-state index in [9.17, 15) is 9.59 Å². The summed E-state index contributed by atoms with van der Waals surface area (Å²) in [6, 6.07) is 13.1. The third kappa shape index (κ3) is 3.45. The maximum Gasteiger partial charge on any atom is 0.338 e. The molecule has 0 saturated carbocycles. The number of benzene rings is 2. The molecule has 0 unspecified atom stereocenters. The number of nitrogens with zero attached hydrogens (tertiary/aromatic N) is 3. The summed E-state index contributed by atoms with van der Waals surface area (Å²) in [5.74, 6) is -0.632. The molecule has 0 atom stereocenters. The molecule has 2 aromatic carbocycles. The highest BCUT2D eigenvalue weighted by molar-refractivity contribution is 7.22. The van der Waals surface area contributed by atoms with E-state index < -0.39 is 5.97 Å². The molecular weight excluding hydrogens is 374 g/mol. The molecule has 3 aromatic rings. The number of aryl methyl sites for hydroxylation is 1. The standard InChI is InChI=1S/C21H21N3O3S/c1-14-7-8-17-18(13-14)28-21(22-17)24-11-9-23(10-12-24)19(25)15-5-3-4-6-16(15)20(26)27-2/h3-8,13H,9-12H2,1-2H3. The second-order valence-corrected chi connectivity index (χ2v) is 7.79. The summed E-state index contributed by atoms with van der Waals surface area (Å²) in [6.07, 6.45) is 0. The van der Waals surface area contributed by atoms with Gasteiger partial charge in [-0.25, -0.2) is 9.78 Å². The average Bonchev–Trinajstić information content (AvgIpc) is 3.16. The monoisotopic (exact) mass is 395 g/mol. The number of thiazole rings is 1. The third-order valence-electron chi connectivity index (χ3n) is 4.93. The van der Waals surface area contributed by atoms with Crippen LogP contribution in [0.4, 0.5) is 5.13 Å². The van der Waals surface area contributed by atoms with Crippen LogP contribution >= 0.6 is 11.3 Å². The first-order valence-corrected chi connectivity index (χ1v) is 9.97. The van der Waals surface area contributed by atoms with Crippen molar-refractivity contribution < 1.29 is 14.3 Å². The Balaban J connectivity index is 1.48. The average molecular weight is 395 g/mol. The molecule has 1 aliphatic heterocycles. The number of hydrogen-bond donors (Lipinski definition) is 0. The van der Waals surface area contributed by atoms with E-state index in [0.717, 1.165) is 10.6 Å². The van der Waals surface area contributed by atoms with Gasteiger partial charge in [0, 0.05) is 26.2 Å². The zero-order chi connectivity index (χ0) is 19.7. The number of anilines is 1. The van der Waals surface area contributed by atoms with Crippen LogP contribution in [0, 0.1) is 6.92 Å². The Morgan fingerprint density at radius 3 is 2.46 bits per heavy atom. The summed E-state index contributed by atoms with van der Waals surface area (Å²) in [4.78, 5) is 33.6. The lowest BCUT2D eigenvalue weighted by Crippen LogP contribution is -2.49. The quantitative estimate of drug-likeness (QED) is 0.637.